The minimum atomic E-state index is -3.40. The molecule has 2 aromatic carbocycles. The van der Waals surface area contributed by atoms with Gasteiger partial charge in [-0.2, -0.15) is 0 Å². The summed E-state index contributed by atoms with van der Waals surface area (Å²) < 4.78 is 26.3. The van der Waals surface area contributed by atoms with Gasteiger partial charge in [0.15, 0.2) is 0 Å². The van der Waals surface area contributed by atoms with E-state index in [-0.39, 0.29) is 5.91 Å². The van der Waals surface area contributed by atoms with Crippen molar-refractivity contribution in [1.29, 1.82) is 0 Å². The van der Waals surface area contributed by atoms with Crippen LogP contribution in [0.3, 0.4) is 0 Å². The van der Waals surface area contributed by atoms with Gasteiger partial charge >= 0.3 is 0 Å². The van der Waals surface area contributed by atoms with E-state index in [2.05, 4.69) is 36.0 Å². The van der Waals surface area contributed by atoms with Crippen molar-refractivity contribution in [1.82, 2.24) is 0 Å². The maximum atomic E-state index is 12.5. The smallest absolute Gasteiger partial charge is 0.255 e. The van der Waals surface area contributed by atoms with Gasteiger partial charge in [0.25, 0.3) is 5.91 Å². The van der Waals surface area contributed by atoms with Crippen LogP contribution in [-0.2, 0) is 10.0 Å². The molecule has 2 aromatic rings. The molecule has 0 aromatic heterocycles. The first-order chi connectivity index (χ1) is 12.7. The molecule has 0 saturated carbocycles. The molecular formula is C21H26N2O3S. The van der Waals surface area contributed by atoms with Crippen LogP contribution in [0, 0.1) is 0 Å². The van der Waals surface area contributed by atoms with Crippen LogP contribution >= 0.6 is 0 Å². The lowest BCUT2D eigenvalue weighted by molar-refractivity contribution is 0.102. The Morgan fingerprint density at radius 1 is 0.963 bits per heavy atom. The van der Waals surface area contributed by atoms with Crippen LogP contribution in [0.1, 0.15) is 67.4 Å². The first kappa shape index (κ1) is 19.4. The molecular weight excluding hydrogens is 360 g/mol. The van der Waals surface area contributed by atoms with Gasteiger partial charge < -0.3 is 5.32 Å². The van der Waals surface area contributed by atoms with Crippen LogP contribution in [0.5, 0.6) is 0 Å². The highest BCUT2D eigenvalue weighted by Crippen LogP contribution is 2.42. The monoisotopic (exact) mass is 386 g/mol. The fraction of sp³-hybridized carbons (Fsp3) is 0.381. The fourth-order valence-corrected chi connectivity index (χ4v) is 4.19. The zero-order valence-electron chi connectivity index (χ0n) is 16.1. The van der Waals surface area contributed by atoms with Crippen molar-refractivity contribution in [2.45, 2.75) is 51.2 Å². The number of hydrogen-bond acceptors (Lipinski definition) is 3. The summed E-state index contributed by atoms with van der Waals surface area (Å²) in [5.41, 5.74) is 4.37. The Morgan fingerprint density at radius 2 is 1.56 bits per heavy atom. The Kier molecular flexibility index (Phi) is 5.29. The van der Waals surface area contributed by atoms with E-state index in [0.29, 0.717) is 23.1 Å². The van der Waals surface area contributed by atoms with E-state index in [0.717, 1.165) is 12.1 Å². The zero-order valence-corrected chi connectivity index (χ0v) is 16.9. The summed E-state index contributed by atoms with van der Waals surface area (Å²) in [4.78, 5) is 12.5. The number of rotatable bonds is 5. The zero-order chi connectivity index (χ0) is 19.8. The van der Waals surface area contributed by atoms with Crippen molar-refractivity contribution >= 4 is 27.3 Å². The van der Waals surface area contributed by atoms with Gasteiger partial charge in [0, 0.05) is 16.9 Å². The number of carbonyl (C=O) groups is 1. The minimum Gasteiger partial charge on any atom is -0.322 e. The molecule has 1 aliphatic rings. The number of anilines is 2. The molecule has 1 aliphatic carbocycles. The molecule has 2 N–H and O–H groups in total. The molecule has 27 heavy (non-hydrogen) atoms. The maximum Gasteiger partial charge on any atom is 0.255 e. The largest absolute Gasteiger partial charge is 0.322 e. The van der Waals surface area contributed by atoms with Gasteiger partial charge in [0.1, 0.15) is 0 Å². The summed E-state index contributed by atoms with van der Waals surface area (Å²) in [6.45, 7) is 7.67. The van der Waals surface area contributed by atoms with Crippen LogP contribution in [-0.4, -0.2) is 19.6 Å². The summed E-state index contributed by atoms with van der Waals surface area (Å²) in [6.07, 6.45) is 1.14. The van der Waals surface area contributed by atoms with Gasteiger partial charge in [0.2, 0.25) is 10.0 Å². The summed E-state index contributed by atoms with van der Waals surface area (Å²) in [5, 5.41) is 2.41. The molecule has 2 atom stereocenters. The van der Waals surface area contributed by atoms with Crippen molar-refractivity contribution in [2.75, 3.05) is 10.0 Å². The van der Waals surface area contributed by atoms with Gasteiger partial charge in [0.05, 0.1) is 5.25 Å². The van der Waals surface area contributed by atoms with Crippen molar-refractivity contribution < 1.29 is 13.2 Å². The summed E-state index contributed by atoms with van der Waals surface area (Å²) in [7, 11) is -3.40. The highest BCUT2D eigenvalue weighted by atomic mass is 32.2. The Labute approximate surface area is 161 Å². The highest BCUT2D eigenvalue weighted by Gasteiger charge is 2.25. The summed E-state index contributed by atoms with van der Waals surface area (Å²) in [6, 6.07) is 12.5. The summed E-state index contributed by atoms with van der Waals surface area (Å²) >= 11 is 0. The van der Waals surface area contributed by atoms with Crippen LogP contribution in [0.4, 0.5) is 11.4 Å². The Bertz CT molecular complexity index is 950. The third-order valence-electron chi connectivity index (χ3n) is 5.14. The summed E-state index contributed by atoms with van der Waals surface area (Å²) in [5.74, 6) is 0.842. The number of carbonyl (C=O) groups excluding carboxylic acids is 1. The molecule has 2 unspecified atom stereocenters. The van der Waals surface area contributed by atoms with E-state index in [1.165, 1.54) is 11.1 Å². The maximum absolute atomic E-state index is 12.5. The van der Waals surface area contributed by atoms with Crippen molar-refractivity contribution in [2.24, 2.45) is 0 Å². The Morgan fingerprint density at radius 3 is 2.19 bits per heavy atom. The number of sulfonamides is 1. The topological polar surface area (TPSA) is 75.3 Å². The number of benzene rings is 2. The average Bonchev–Trinajstić information content (AvgIpc) is 2.89. The second-order valence-corrected chi connectivity index (χ2v) is 9.85. The molecule has 0 radical (unpaired) electrons. The normalized spacial score (nSPS) is 19.0. The predicted octanol–water partition coefficient (Wildman–Crippen LogP) is 4.70. The highest BCUT2D eigenvalue weighted by molar-refractivity contribution is 7.93. The van der Waals surface area contributed by atoms with E-state index in [9.17, 15) is 13.2 Å². The molecule has 5 nitrogen and oxygen atoms in total. The second-order valence-electron chi connectivity index (χ2n) is 7.61. The van der Waals surface area contributed by atoms with E-state index >= 15 is 0 Å². The number of hydrogen-bond donors (Lipinski definition) is 2. The lowest BCUT2D eigenvalue weighted by Gasteiger charge is -2.12. The van der Waals surface area contributed by atoms with Crippen LogP contribution in [0.15, 0.2) is 42.5 Å². The van der Waals surface area contributed by atoms with E-state index < -0.39 is 15.3 Å². The third kappa shape index (κ3) is 4.16. The van der Waals surface area contributed by atoms with E-state index in [4.69, 9.17) is 0 Å². The molecule has 0 saturated heterocycles. The SMILES string of the molecule is CC1CC(C)c2cc(NC(=O)c3ccc(NS(=O)(=O)C(C)C)cc3)ccc21. The van der Waals surface area contributed by atoms with Crippen LogP contribution in [0.25, 0.3) is 0 Å². The predicted molar refractivity (Wildman–Crippen MR) is 110 cm³/mol. The van der Waals surface area contributed by atoms with E-state index in [1.807, 2.05) is 6.07 Å². The van der Waals surface area contributed by atoms with Gasteiger partial charge in [-0.25, -0.2) is 8.42 Å². The van der Waals surface area contributed by atoms with Crippen molar-refractivity contribution in [3.8, 4) is 0 Å². The van der Waals surface area contributed by atoms with Gasteiger partial charge in [-0.1, -0.05) is 19.9 Å². The van der Waals surface area contributed by atoms with Crippen LogP contribution < -0.4 is 10.0 Å². The number of amides is 1. The molecule has 6 heteroatoms. The molecule has 0 bridgehead atoms. The molecule has 0 fully saturated rings. The lowest BCUT2D eigenvalue weighted by atomic mass is 10.0. The van der Waals surface area contributed by atoms with E-state index in [1.54, 1.807) is 38.1 Å². The molecule has 1 amide bonds. The quantitative estimate of drug-likeness (QED) is 0.782. The van der Waals surface area contributed by atoms with Crippen molar-refractivity contribution in [3.05, 3.63) is 59.2 Å². The first-order valence-corrected chi connectivity index (χ1v) is 10.8. The molecule has 3 rings (SSSR count). The molecule has 0 aliphatic heterocycles. The average molecular weight is 387 g/mol. The van der Waals surface area contributed by atoms with Gasteiger partial charge in [-0.05, 0) is 79.6 Å². The standard InChI is InChI=1S/C21H26N2O3S/c1-13(2)27(25,26)23-17-7-5-16(6-8-17)21(24)22-18-9-10-19-14(3)11-15(4)20(19)12-18/h5-10,12-15,23H,11H2,1-4H3,(H,22,24). The Balaban J connectivity index is 1.71. The molecule has 0 spiro atoms. The second kappa shape index (κ2) is 7.35. The number of fused-ring (bicyclic) bond motifs is 1. The van der Waals surface area contributed by atoms with Crippen LogP contribution in [0.2, 0.25) is 0 Å². The molecule has 144 valence electrons. The Hall–Kier alpha value is -2.34. The minimum absolute atomic E-state index is 0.216. The number of nitrogens with one attached hydrogen (secondary N) is 2. The van der Waals surface area contributed by atoms with Crippen molar-refractivity contribution in [3.63, 3.8) is 0 Å². The lowest BCUT2D eigenvalue weighted by Crippen LogP contribution is -2.22. The molecule has 0 heterocycles. The van der Waals surface area contributed by atoms with Gasteiger partial charge in [-0.3, -0.25) is 9.52 Å². The fourth-order valence-electron chi connectivity index (χ4n) is 3.49. The third-order valence-corrected chi connectivity index (χ3v) is 6.90. The first-order valence-electron chi connectivity index (χ1n) is 9.24. The van der Waals surface area contributed by atoms with Gasteiger partial charge in [-0.15, -0.1) is 0 Å².